The van der Waals surface area contributed by atoms with Crippen LogP contribution in [0.1, 0.15) is 29.2 Å². The number of carbonyl (C=O) groups is 1. The average molecular weight is 220 g/mol. The molecular weight excluding hydrogens is 208 g/mol. The zero-order chi connectivity index (χ0) is 11.7. The Morgan fingerprint density at radius 1 is 1.56 bits per heavy atom. The van der Waals surface area contributed by atoms with Crippen LogP contribution in [-0.4, -0.2) is 28.2 Å². The maximum absolute atomic E-state index is 11.5. The van der Waals surface area contributed by atoms with E-state index in [4.69, 9.17) is 0 Å². The summed E-state index contributed by atoms with van der Waals surface area (Å²) >= 11 is 0. The lowest BCUT2D eigenvalue weighted by Gasteiger charge is -1.98. The van der Waals surface area contributed by atoms with Gasteiger partial charge in [-0.15, -0.1) is 0 Å². The number of aliphatic hydroxyl groups is 1. The van der Waals surface area contributed by atoms with Crippen molar-refractivity contribution < 1.29 is 14.6 Å². The lowest BCUT2D eigenvalue weighted by molar-refractivity contribution is 0.0602. The van der Waals surface area contributed by atoms with E-state index < -0.39 is 12.1 Å². The molecule has 2 N–H and O–H groups in total. The van der Waals surface area contributed by atoms with Crippen LogP contribution in [0.15, 0.2) is 18.2 Å². The maximum atomic E-state index is 11.5. The van der Waals surface area contributed by atoms with Crippen LogP contribution in [0.2, 0.25) is 0 Å². The number of aliphatic hydroxyl groups excluding tert-OH is 1. The predicted molar refractivity (Wildman–Crippen MR) is 58.1 cm³/mol. The number of para-hydroxylation sites is 1. The molecule has 0 radical (unpaired) electrons. The molecule has 16 heavy (non-hydrogen) atoms. The Balaban J connectivity index is 2.63. The fourth-order valence-corrected chi connectivity index (χ4v) is 1.52. The van der Waals surface area contributed by atoms with Crippen molar-refractivity contribution in [3.05, 3.63) is 29.6 Å². The highest BCUT2D eigenvalue weighted by atomic mass is 16.5. The molecule has 1 unspecified atom stereocenters. The molecule has 1 heterocycles. The lowest BCUT2D eigenvalue weighted by atomic mass is 10.2. The van der Waals surface area contributed by atoms with Gasteiger partial charge in [0.15, 0.2) is 0 Å². The van der Waals surface area contributed by atoms with E-state index in [1.54, 1.807) is 25.1 Å². The monoisotopic (exact) mass is 220 g/mol. The summed E-state index contributed by atoms with van der Waals surface area (Å²) in [4.78, 5) is 18.6. The Labute approximate surface area is 92.1 Å². The minimum Gasteiger partial charge on any atom is -0.465 e. The molecule has 2 aromatic rings. The third-order valence-electron chi connectivity index (χ3n) is 2.33. The van der Waals surface area contributed by atoms with Gasteiger partial charge in [-0.05, 0) is 19.1 Å². The first-order chi connectivity index (χ1) is 7.63. The van der Waals surface area contributed by atoms with E-state index in [0.29, 0.717) is 22.4 Å². The molecule has 0 bridgehead atoms. The van der Waals surface area contributed by atoms with E-state index in [1.165, 1.54) is 7.11 Å². The summed E-state index contributed by atoms with van der Waals surface area (Å²) in [5.74, 6) is 0.000552. The number of rotatable bonds is 2. The van der Waals surface area contributed by atoms with Gasteiger partial charge >= 0.3 is 5.97 Å². The first kappa shape index (κ1) is 10.6. The van der Waals surface area contributed by atoms with Crippen molar-refractivity contribution in [2.24, 2.45) is 0 Å². The number of hydrogen-bond acceptors (Lipinski definition) is 4. The Morgan fingerprint density at radius 3 is 2.94 bits per heavy atom. The zero-order valence-electron chi connectivity index (χ0n) is 9.02. The van der Waals surface area contributed by atoms with Crippen molar-refractivity contribution in [3.63, 3.8) is 0 Å². The van der Waals surface area contributed by atoms with Gasteiger partial charge in [-0.25, -0.2) is 9.78 Å². The molecule has 0 aliphatic rings. The van der Waals surface area contributed by atoms with Gasteiger partial charge in [0.1, 0.15) is 17.4 Å². The quantitative estimate of drug-likeness (QED) is 0.750. The smallest absolute Gasteiger partial charge is 0.340 e. The van der Waals surface area contributed by atoms with E-state index in [1.807, 2.05) is 0 Å². The second-order valence-corrected chi connectivity index (χ2v) is 3.49. The fraction of sp³-hybridized carbons (Fsp3) is 0.273. The second kappa shape index (κ2) is 3.94. The molecular formula is C11H12N2O3. The molecule has 0 saturated carbocycles. The SMILES string of the molecule is COC(=O)c1cccc2[nH]c(C(C)O)nc12. The van der Waals surface area contributed by atoms with Crippen LogP contribution in [0.5, 0.6) is 0 Å². The highest BCUT2D eigenvalue weighted by Crippen LogP contribution is 2.19. The standard InChI is InChI=1S/C11H12N2O3/c1-6(14)10-12-8-5-3-4-7(9(8)13-10)11(15)16-2/h3-6,14H,1-2H3,(H,12,13). The highest BCUT2D eigenvalue weighted by molar-refractivity contribution is 6.01. The van der Waals surface area contributed by atoms with Crippen LogP contribution in [0.25, 0.3) is 11.0 Å². The van der Waals surface area contributed by atoms with Crippen LogP contribution in [-0.2, 0) is 4.74 Å². The Bertz CT molecular complexity index is 531. The van der Waals surface area contributed by atoms with Gasteiger partial charge in [-0.1, -0.05) is 6.07 Å². The average Bonchev–Trinajstić information content (AvgIpc) is 2.71. The van der Waals surface area contributed by atoms with Crippen LogP contribution < -0.4 is 0 Å². The number of nitrogens with zero attached hydrogens (tertiary/aromatic N) is 1. The molecule has 84 valence electrons. The number of aromatic nitrogens is 2. The van der Waals surface area contributed by atoms with Gasteiger partial charge in [0.2, 0.25) is 0 Å². The van der Waals surface area contributed by atoms with Gasteiger partial charge in [0, 0.05) is 0 Å². The predicted octanol–water partition coefficient (Wildman–Crippen LogP) is 1.40. The minimum atomic E-state index is -0.696. The second-order valence-electron chi connectivity index (χ2n) is 3.49. The minimum absolute atomic E-state index is 0.392. The number of benzene rings is 1. The number of carbonyl (C=O) groups excluding carboxylic acids is 1. The molecule has 5 nitrogen and oxygen atoms in total. The topological polar surface area (TPSA) is 75.2 Å². The van der Waals surface area contributed by atoms with Crippen LogP contribution in [0, 0.1) is 0 Å². The van der Waals surface area contributed by atoms with Crippen LogP contribution in [0.4, 0.5) is 0 Å². The molecule has 0 aliphatic heterocycles. The number of ether oxygens (including phenoxy) is 1. The molecule has 5 heteroatoms. The van der Waals surface area contributed by atoms with Gasteiger partial charge < -0.3 is 14.8 Å². The highest BCUT2D eigenvalue weighted by Gasteiger charge is 2.15. The Kier molecular flexibility index (Phi) is 2.62. The fourth-order valence-electron chi connectivity index (χ4n) is 1.52. The lowest BCUT2D eigenvalue weighted by Crippen LogP contribution is -2.01. The summed E-state index contributed by atoms with van der Waals surface area (Å²) < 4.78 is 4.66. The van der Waals surface area contributed by atoms with Crippen LogP contribution in [0.3, 0.4) is 0 Å². The van der Waals surface area contributed by atoms with Gasteiger partial charge in [0.25, 0.3) is 0 Å². The van der Waals surface area contributed by atoms with Crippen LogP contribution >= 0.6 is 0 Å². The number of fused-ring (bicyclic) bond motifs is 1. The third kappa shape index (κ3) is 1.65. The van der Waals surface area contributed by atoms with E-state index in [0.717, 1.165) is 0 Å². The molecule has 2 rings (SSSR count). The molecule has 1 aromatic carbocycles. The zero-order valence-corrected chi connectivity index (χ0v) is 9.02. The summed E-state index contributed by atoms with van der Waals surface area (Å²) in [5.41, 5.74) is 1.62. The van der Waals surface area contributed by atoms with Crippen molar-refractivity contribution in [3.8, 4) is 0 Å². The summed E-state index contributed by atoms with van der Waals surface area (Å²) in [6.07, 6.45) is -0.696. The molecule has 0 saturated heterocycles. The van der Waals surface area contributed by atoms with Crippen molar-refractivity contribution in [1.29, 1.82) is 0 Å². The summed E-state index contributed by atoms with van der Waals surface area (Å²) in [5, 5.41) is 9.40. The van der Waals surface area contributed by atoms with Crippen molar-refractivity contribution in [1.82, 2.24) is 9.97 Å². The number of imidazole rings is 1. The summed E-state index contributed by atoms with van der Waals surface area (Å²) in [7, 11) is 1.32. The number of hydrogen-bond donors (Lipinski definition) is 2. The van der Waals surface area contributed by atoms with E-state index in [-0.39, 0.29) is 0 Å². The van der Waals surface area contributed by atoms with E-state index in [2.05, 4.69) is 14.7 Å². The van der Waals surface area contributed by atoms with E-state index in [9.17, 15) is 9.90 Å². The first-order valence-electron chi connectivity index (χ1n) is 4.88. The van der Waals surface area contributed by atoms with Crippen molar-refractivity contribution in [2.45, 2.75) is 13.0 Å². The Morgan fingerprint density at radius 2 is 2.31 bits per heavy atom. The summed E-state index contributed by atoms with van der Waals surface area (Å²) in [6.45, 7) is 1.61. The van der Waals surface area contributed by atoms with Crippen molar-refractivity contribution >= 4 is 17.0 Å². The molecule has 0 spiro atoms. The molecule has 0 fully saturated rings. The third-order valence-corrected chi connectivity index (χ3v) is 2.33. The number of nitrogens with one attached hydrogen (secondary N) is 1. The molecule has 1 aromatic heterocycles. The van der Waals surface area contributed by atoms with Crippen molar-refractivity contribution in [2.75, 3.05) is 7.11 Å². The van der Waals surface area contributed by atoms with Gasteiger partial charge in [-0.2, -0.15) is 0 Å². The van der Waals surface area contributed by atoms with E-state index >= 15 is 0 Å². The number of methoxy groups -OCH3 is 1. The molecule has 0 aliphatic carbocycles. The number of esters is 1. The maximum Gasteiger partial charge on any atom is 0.340 e. The summed E-state index contributed by atoms with van der Waals surface area (Å²) in [6, 6.07) is 5.17. The van der Waals surface area contributed by atoms with Gasteiger partial charge in [0.05, 0.1) is 18.2 Å². The normalized spacial score (nSPS) is 12.7. The Hall–Kier alpha value is -1.88. The van der Waals surface area contributed by atoms with Gasteiger partial charge in [-0.3, -0.25) is 0 Å². The largest absolute Gasteiger partial charge is 0.465 e. The first-order valence-corrected chi connectivity index (χ1v) is 4.88. The number of H-pyrrole nitrogens is 1. The molecule has 1 atom stereocenters. The molecule has 0 amide bonds. The number of aromatic amines is 1.